The second kappa shape index (κ2) is 5.61. The van der Waals surface area contributed by atoms with Crippen molar-refractivity contribution in [2.24, 2.45) is 0 Å². The van der Waals surface area contributed by atoms with Crippen molar-refractivity contribution < 1.29 is 4.74 Å². The molecule has 1 aromatic carbocycles. The van der Waals surface area contributed by atoms with Gasteiger partial charge in [0.05, 0.1) is 6.10 Å². The summed E-state index contributed by atoms with van der Waals surface area (Å²) >= 11 is 0. The minimum absolute atomic E-state index is 0.367. The Hall–Kier alpha value is -0.900. The van der Waals surface area contributed by atoms with E-state index in [1.165, 1.54) is 11.1 Å². The van der Waals surface area contributed by atoms with Crippen LogP contribution in [0.25, 0.3) is 0 Å². The summed E-state index contributed by atoms with van der Waals surface area (Å²) in [5, 5.41) is 3.45. The van der Waals surface area contributed by atoms with E-state index in [-0.39, 0.29) is 0 Å². The van der Waals surface area contributed by atoms with Gasteiger partial charge in [0, 0.05) is 25.7 Å². The molecule has 1 aromatic rings. The van der Waals surface area contributed by atoms with Gasteiger partial charge >= 0.3 is 0 Å². The molecule has 3 nitrogen and oxygen atoms in total. The van der Waals surface area contributed by atoms with E-state index in [4.69, 9.17) is 4.74 Å². The number of likely N-dealkylation sites (N-methyl/N-ethyl adjacent to an activating group) is 1. The second-order valence-electron chi connectivity index (χ2n) is 5.83. The minimum Gasteiger partial charge on any atom is -0.377 e. The van der Waals surface area contributed by atoms with E-state index in [1.807, 2.05) is 0 Å². The van der Waals surface area contributed by atoms with Crippen LogP contribution in [0, 0.1) is 0 Å². The summed E-state index contributed by atoms with van der Waals surface area (Å²) in [6.45, 7) is 6.28. The third-order valence-corrected chi connectivity index (χ3v) is 4.56. The first kappa shape index (κ1) is 13.1. The molecule has 0 radical (unpaired) electrons. The van der Waals surface area contributed by atoms with E-state index in [0.717, 1.165) is 39.1 Å². The van der Waals surface area contributed by atoms with Crippen LogP contribution in [0.5, 0.6) is 0 Å². The monoisotopic (exact) mass is 260 g/mol. The van der Waals surface area contributed by atoms with E-state index in [2.05, 4.69) is 42.4 Å². The predicted molar refractivity (Wildman–Crippen MR) is 77.1 cm³/mol. The molecule has 19 heavy (non-hydrogen) atoms. The third kappa shape index (κ3) is 2.69. The van der Waals surface area contributed by atoms with Crippen LogP contribution in [0.2, 0.25) is 0 Å². The minimum atomic E-state index is 0.367. The van der Waals surface area contributed by atoms with Gasteiger partial charge in [-0.2, -0.15) is 0 Å². The van der Waals surface area contributed by atoms with Crippen LogP contribution in [-0.4, -0.2) is 37.2 Å². The molecule has 0 amide bonds. The highest BCUT2D eigenvalue weighted by molar-refractivity contribution is 5.37. The summed E-state index contributed by atoms with van der Waals surface area (Å²) in [5.41, 5.74) is 4.55. The highest BCUT2D eigenvalue weighted by Crippen LogP contribution is 2.24. The van der Waals surface area contributed by atoms with Crippen molar-refractivity contribution in [3.8, 4) is 0 Å². The predicted octanol–water partition coefficient (Wildman–Crippen LogP) is 1.94. The first-order valence-corrected chi connectivity index (χ1v) is 7.38. The van der Waals surface area contributed by atoms with Crippen LogP contribution in [0.3, 0.4) is 0 Å². The van der Waals surface area contributed by atoms with Crippen molar-refractivity contribution in [1.82, 2.24) is 10.2 Å². The molecule has 3 rings (SSSR count). The van der Waals surface area contributed by atoms with Gasteiger partial charge in [0.25, 0.3) is 0 Å². The van der Waals surface area contributed by atoms with Crippen molar-refractivity contribution in [1.29, 1.82) is 0 Å². The number of rotatable bonds is 3. The molecule has 2 aliphatic rings. The lowest BCUT2D eigenvalue weighted by molar-refractivity contribution is 0.0813. The van der Waals surface area contributed by atoms with Crippen LogP contribution in [0.1, 0.15) is 30.0 Å². The quantitative estimate of drug-likeness (QED) is 0.899. The smallest absolute Gasteiger partial charge is 0.0703 e. The fourth-order valence-electron chi connectivity index (χ4n) is 3.44. The zero-order valence-corrected chi connectivity index (χ0v) is 12.0. The Morgan fingerprint density at radius 2 is 2.32 bits per heavy atom. The van der Waals surface area contributed by atoms with Crippen LogP contribution >= 0.6 is 0 Å². The molecule has 1 N–H and O–H groups in total. The molecule has 0 bridgehead atoms. The average Bonchev–Trinajstić information content (AvgIpc) is 2.85. The summed E-state index contributed by atoms with van der Waals surface area (Å²) in [4.78, 5) is 2.47. The van der Waals surface area contributed by atoms with Crippen molar-refractivity contribution in [3.63, 3.8) is 0 Å². The van der Waals surface area contributed by atoms with Crippen LogP contribution in [0.15, 0.2) is 18.2 Å². The second-order valence-corrected chi connectivity index (χ2v) is 5.83. The average molecular weight is 260 g/mol. The standard InChI is InChI=1S/C16H24N2O/c1-12-16(7-9-19-12)18(2)11-14-5-3-4-13-10-17-8-6-15(13)14/h3-5,12,16-17H,6-11H2,1-2H3. The molecule has 0 aromatic heterocycles. The first-order chi connectivity index (χ1) is 9.25. The van der Waals surface area contributed by atoms with Gasteiger partial charge in [0.1, 0.15) is 0 Å². The number of fused-ring (bicyclic) bond motifs is 1. The molecule has 1 saturated heterocycles. The van der Waals surface area contributed by atoms with E-state index in [0.29, 0.717) is 12.1 Å². The van der Waals surface area contributed by atoms with Crippen LogP contribution < -0.4 is 5.32 Å². The summed E-state index contributed by atoms with van der Waals surface area (Å²) in [6, 6.07) is 7.31. The Balaban J connectivity index is 1.76. The number of benzene rings is 1. The first-order valence-electron chi connectivity index (χ1n) is 7.38. The van der Waals surface area contributed by atoms with Crippen LogP contribution in [-0.2, 0) is 24.2 Å². The number of hydrogen-bond acceptors (Lipinski definition) is 3. The lowest BCUT2D eigenvalue weighted by Gasteiger charge is -2.29. The Morgan fingerprint density at radius 3 is 3.11 bits per heavy atom. The summed E-state index contributed by atoms with van der Waals surface area (Å²) in [5.74, 6) is 0. The molecule has 1 fully saturated rings. The highest BCUT2D eigenvalue weighted by Gasteiger charge is 2.28. The summed E-state index contributed by atoms with van der Waals surface area (Å²) in [6.07, 6.45) is 2.69. The van der Waals surface area contributed by atoms with E-state index < -0.39 is 0 Å². The Bertz CT molecular complexity index is 446. The molecule has 2 aliphatic heterocycles. The van der Waals surface area contributed by atoms with Gasteiger partial charge < -0.3 is 10.1 Å². The third-order valence-electron chi connectivity index (χ3n) is 4.56. The number of nitrogens with zero attached hydrogens (tertiary/aromatic N) is 1. The Morgan fingerprint density at radius 1 is 1.42 bits per heavy atom. The van der Waals surface area contributed by atoms with Gasteiger partial charge in [0.2, 0.25) is 0 Å². The van der Waals surface area contributed by atoms with Crippen LogP contribution in [0.4, 0.5) is 0 Å². The Kier molecular flexibility index (Phi) is 3.87. The van der Waals surface area contributed by atoms with Gasteiger partial charge in [-0.05, 0) is 50.0 Å². The van der Waals surface area contributed by atoms with E-state index >= 15 is 0 Å². The molecule has 2 heterocycles. The molecule has 2 unspecified atom stereocenters. The largest absolute Gasteiger partial charge is 0.377 e. The molecule has 2 atom stereocenters. The lowest BCUT2D eigenvalue weighted by atomic mass is 9.95. The van der Waals surface area contributed by atoms with E-state index in [9.17, 15) is 0 Å². The van der Waals surface area contributed by atoms with Gasteiger partial charge in [-0.25, -0.2) is 0 Å². The molecule has 104 valence electrons. The van der Waals surface area contributed by atoms with Gasteiger partial charge in [-0.15, -0.1) is 0 Å². The maximum Gasteiger partial charge on any atom is 0.0703 e. The maximum absolute atomic E-state index is 5.69. The van der Waals surface area contributed by atoms with Crippen molar-refractivity contribution >= 4 is 0 Å². The van der Waals surface area contributed by atoms with Crippen molar-refractivity contribution in [3.05, 3.63) is 34.9 Å². The zero-order valence-electron chi connectivity index (χ0n) is 12.0. The molecule has 3 heteroatoms. The number of nitrogens with one attached hydrogen (secondary N) is 1. The zero-order chi connectivity index (χ0) is 13.2. The molecule has 0 saturated carbocycles. The van der Waals surface area contributed by atoms with Crippen molar-refractivity contribution in [2.45, 2.75) is 45.0 Å². The summed E-state index contributed by atoms with van der Waals surface area (Å²) < 4.78 is 5.69. The fraction of sp³-hybridized carbons (Fsp3) is 0.625. The lowest BCUT2D eigenvalue weighted by Crippen LogP contribution is -2.36. The molecule has 0 aliphatic carbocycles. The highest BCUT2D eigenvalue weighted by atomic mass is 16.5. The van der Waals surface area contributed by atoms with E-state index in [1.54, 1.807) is 5.56 Å². The maximum atomic E-state index is 5.69. The Labute approximate surface area is 115 Å². The van der Waals surface area contributed by atoms with Gasteiger partial charge in [-0.3, -0.25) is 4.90 Å². The molecule has 0 spiro atoms. The number of ether oxygens (including phenoxy) is 1. The summed E-state index contributed by atoms with van der Waals surface area (Å²) in [7, 11) is 2.23. The van der Waals surface area contributed by atoms with Crippen molar-refractivity contribution in [2.75, 3.05) is 20.2 Å². The fourth-order valence-corrected chi connectivity index (χ4v) is 3.44. The topological polar surface area (TPSA) is 24.5 Å². The van der Waals surface area contributed by atoms with Gasteiger partial charge in [0.15, 0.2) is 0 Å². The SMILES string of the molecule is CC1OCCC1N(C)Cc1cccc2c1CCNC2. The van der Waals surface area contributed by atoms with Gasteiger partial charge in [-0.1, -0.05) is 18.2 Å². The molecular weight excluding hydrogens is 236 g/mol. The molecular formula is C16H24N2O. The number of hydrogen-bond donors (Lipinski definition) is 1. The normalized spacial score (nSPS) is 26.7.